The van der Waals surface area contributed by atoms with Crippen LogP contribution in [-0.2, 0) is 4.74 Å². The van der Waals surface area contributed by atoms with E-state index in [4.69, 9.17) is 31.2 Å². The molecule has 8 heteroatoms. The number of hydrogen-bond acceptors (Lipinski definition) is 6. The fourth-order valence-electron chi connectivity index (χ4n) is 3.90. The number of hydrogen-bond donors (Lipinski definition) is 1. The van der Waals surface area contributed by atoms with E-state index in [0.29, 0.717) is 30.0 Å². The Hall–Kier alpha value is -3.23. The topological polar surface area (TPSA) is 72.7 Å². The van der Waals surface area contributed by atoms with Gasteiger partial charge in [-0.05, 0) is 50.2 Å². The van der Waals surface area contributed by atoms with Gasteiger partial charge in [0.25, 0.3) is 5.89 Å². The van der Waals surface area contributed by atoms with Crippen LogP contribution in [0.25, 0.3) is 17.0 Å². The molecule has 1 aliphatic heterocycles. The normalized spacial score (nSPS) is 16.2. The molecule has 0 saturated heterocycles. The zero-order valence-electron chi connectivity index (χ0n) is 19.1. The van der Waals surface area contributed by atoms with Crippen molar-refractivity contribution in [1.82, 2.24) is 20.4 Å². The number of benzene rings is 2. The van der Waals surface area contributed by atoms with Gasteiger partial charge >= 0.3 is 0 Å². The van der Waals surface area contributed by atoms with Crippen LogP contribution in [-0.4, -0.2) is 47.0 Å². The van der Waals surface area contributed by atoms with Gasteiger partial charge in [-0.3, -0.25) is 0 Å². The Morgan fingerprint density at radius 2 is 1.97 bits per heavy atom. The lowest BCUT2D eigenvalue weighted by Gasteiger charge is -2.37. The van der Waals surface area contributed by atoms with Crippen molar-refractivity contribution in [2.24, 2.45) is 0 Å². The van der Waals surface area contributed by atoms with Crippen LogP contribution in [0.5, 0.6) is 5.75 Å². The summed E-state index contributed by atoms with van der Waals surface area (Å²) in [7, 11) is 1.64. The quantitative estimate of drug-likeness (QED) is 0.356. The van der Waals surface area contributed by atoms with Crippen molar-refractivity contribution in [3.05, 3.63) is 71.7 Å². The van der Waals surface area contributed by atoms with E-state index in [1.807, 2.05) is 49.4 Å². The maximum Gasteiger partial charge on any atom is 0.258 e. The third-order valence-electron chi connectivity index (χ3n) is 5.59. The summed E-state index contributed by atoms with van der Waals surface area (Å²) in [5.74, 6) is 1.71. The molecule has 7 nitrogen and oxygen atoms in total. The van der Waals surface area contributed by atoms with E-state index in [9.17, 15) is 0 Å². The number of allylic oxidation sites excluding steroid dienone is 1. The summed E-state index contributed by atoms with van der Waals surface area (Å²) in [5.41, 5.74) is 3.80. The molecule has 1 unspecified atom stereocenters. The minimum absolute atomic E-state index is 0.194. The molecule has 0 aliphatic carbocycles. The van der Waals surface area contributed by atoms with Crippen molar-refractivity contribution in [2.45, 2.75) is 26.3 Å². The molecule has 0 saturated carbocycles. The molecular weight excluding hydrogens is 436 g/mol. The van der Waals surface area contributed by atoms with Crippen LogP contribution < -0.4 is 10.1 Å². The highest BCUT2D eigenvalue weighted by Crippen LogP contribution is 2.37. The Kier molecular flexibility index (Phi) is 7.36. The first-order valence-electron chi connectivity index (χ1n) is 11.0. The molecule has 0 fully saturated rings. The van der Waals surface area contributed by atoms with Crippen LogP contribution >= 0.6 is 12.2 Å². The summed E-state index contributed by atoms with van der Waals surface area (Å²) in [6.45, 7) is 6.17. The lowest BCUT2D eigenvalue weighted by atomic mass is 9.95. The SMILES string of the molecule is CCOCCCN1C(=S)NC(c2ccccc2)C(c2nc(-c3cccc(OC)c3)no2)=C1C. The van der Waals surface area contributed by atoms with Crippen molar-refractivity contribution >= 4 is 22.9 Å². The largest absolute Gasteiger partial charge is 0.497 e. The Labute approximate surface area is 199 Å². The van der Waals surface area contributed by atoms with Gasteiger partial charge in [0.15, 0.2) is 5.11 Å². The van der Waals surface area contributed by atoms with Crippen molar-refractivity contribution in [3.63, 3.8) is 0 Å². The molecule has 1 N–H and O–H groups in total. The van der Waals surface area contributed by atoms with Crippen LogP contribution in [0.4, 0.5) is 0 Å². The Balaban J connectivity index is 1.72. The van der Waals surface area contributed by atoms with Gasteiger partial charge in [-0.15, -0.1) is 0 Å². The second kappa shape index (κ2) is 10.6. The zero-order valence-corrected chi connectivity index (χ0v) is 19.9. The maximum absolute atomic E-state index is 5.79. The molecule has 2 aromatic carbocycles. The second-order valence-corrected chi connectivity index (χ2v) is 8.04. The minimum atomic E-state index is -0.194. The van der Waals surface area contributed by atoms with Crippen molar-refractivity contribution in [2.75, 3.05) is 26.9 Å². The highest BCUT2D eigenvalue weighted by Gasteiger charge is 2.33. The zero-order chi connectivity index (χ0) is 23.2. The standard InChI is InChI=1S/C25H28N4O3S/c1-4-31-15-9-14-29-17(2)21(22(26-25(29)33)18-10-6-5-7-11-18)24-27-23(28-32-24)19-12-8-13-20(16-19)30-3/h5-8,10-13,16,22H,4,9,14-15H2,1-3H3,(H,26,33). The molecule has 33 heavy (non-hydrogen) atoms. The van der Waals surface area contributed by atoms with Gasteiger partial charge in [0.1, 0.15) is 5.75 Å². The van der Waals surface area contributed by atoms with Crippen LogP contribution in [0.1, 0.15) is 37.8 Å². The lowest BCUT2D eigenvalue weighted by molar-refractivity contribution is 0.141. The van der Waals surface area contributed by atoms with E-state index in [-0.39, 0.29) is 6.04 Å². The average Bonchev–Trinajstić information content (AvgIpc) is 3.33. The van der Waals surface area contributed by atoms with E-state index in [1.54, 1.807) is 7.11 Å². The van der Waals surface area contributed by atoms with Crippen molar-refractivity contribution in [3.8, 4) is 17.1 Å². The highest BCUT2D eigenvalue weighted by molar-refractivity contribution is 7.80. The smallest absolute Gasteiger partial charge is 0.258 e. The third-order valence-corrected chi connectivity index (χ3v) is 5.93. The fourth-order valence-corrected chi connectivity index (χ4v) is 4.25. The highest BCUT2D eigenvalue weighted by atomic mass is 32.1. The van der Waals surface area contributed by atoms with Gasteiger partial charge in [0, 0.05) is 31.0 Å². The third kappa shape index (κ3) is 5.07. The molecule has 1 aromatic heterocycles. The van der Waals surface area contributed by atoms with Gasteiger partial charge in [-0.1, -0.05) is 47.6 Å². The minimum Gasteiger partial charge on any atom is -0.497 e. The number of ether oxygens (including phenoxy) is 2. The Bertz CT molecular complexity index is 1130. The first kappa shape index (κ1) is 22.9. The predicted octanol–water partition coefficient (Wildman–Crippen LogP) is 4.83. The Morgan fingerprint density at radius 3 is 2.73 bits per heavy atom. The summed E-state index contributed by atoms with van der Waals surface area (Å²) in [4.78, 5) is 6.83. The summed E-state index contributed by atoms with van der Waals surface area (Å²) in [5, 5.41) is 8.41. The molecule has 1 aliphatic rings. The van der Waals surface area contributed by atoms with Crippen molar-refractivity contribution < 1.29 is 14.0 Å². The maximum atomic E-state index is 5.79. The van der Waals surface area contributed by atoms with Crippen LogP contribution in [0, 0.1) is 0 Å². The number of aromatic nitrogens is 2. The average molecular weight is 465 g/mol. The molecule has 172 valence electrons. The van der Waals surface area contributed by atoms with Crippen LogP contribution in [0.15, 0.2) is 64.8 Å². The number of rotatable bonds is 9. The van der Waals surface area contributed by atoms with E-state index in [0.717, 1.165) is 41.1 Å². The number of methoxy groups -OCH3 is 1. The summed E-state index contributed by atoms with van der Waals surface area (Å²) >= 11 is 5.73. The van der Waals surface area contributed by atoms with Crippen molar-refractivity contribution in [1.29, 1.82) is 0 Å². The number of thiocarbonyl (C=S) groups is 1. The molecule has 0 radical (unpaired) electrons. The predicted molar refractivity (Wildman–Crippen MR) is 132 cm³/mol. The van der Waals surface area contributed by atoms with Crippen LogP contribution in [0.3, 0.4) is 0 Å². The van der Waals surface area contributed by atoms with Gasteiger partial charge < -0.3 is 24.2 Å². The molecule has 1 atom stereocenters. The number of nitrogens with one attached hydrogen (secondary N) is 1. The molecule has 0 amide bonds. The van der Waals surface area contributed by atoms with E-state index in [1.165, 1.54) is 0 Å². The van der Waals surface area contributed by atoms with Gasteiger partial charge in [-0.25, -0.2) is 0 Å². The van der Waals surface area contributed by atoms with Gasteiger partial charge in [-0.2, -0.15) is 4.98 Å². The first-order chi connectivity index (χ1) is 16.1. The summed E-state index contributed by atoms with van der Waals surface area (Å²) in [6, 6.07) is 17.6. The first-order valence-corrected chi connectivity index (χ1v) is 11.4. The van der Waals surface area contributed by atoms with E-state index in [2.05, 4.69) is 34.4 Å². The summed E-state index contributed by atoms with van der Waals surface area (Å²) in [6.07, 6.45) is 0.856. The molecule has 2 heterocycles. The monoisotopic (exact) mass is 464 g/mol. The molecule has 3 aromatic rings. The second-order valence-electron chi connectivity index (χ2n) is 7.65. The number of nitrogens with zero attached hydrogens (tertiary/aromatic N) is 3. The molecule has 4 rings (SSSR count). The van der Waals surface area contributed by atoms with Gasteiger partial charge in [0.2, 0.25) is 5.82 Å². The lowest BCUT2D eigenvalue weighted by Crippen LogP contribution is -2.46. The van der Waals surface area contributed by atoms with Crippen LogP contribution in [0.2, 0.25) is 0 Å². The van der Waals surface area contributed by atoms with E-state index >= 15 is 0 Å². The molecule has 0 spiro atoms. The molecular formula is C25H28N4O3S. The van der Waals surface area contributed by atoms with Gasteiger partial charge in [0.05, 0.1) is 18.7 Å². The Morgan fingerprint density at radius 1 is 1.15 bits per heavy atom. The molecule has 0 bridgehead atoms. The van der Waals surface area contributed by atoms with E-state index < -0.39 is 0 Å². The fraction of sp³-hybridized carbons (Fsp3) is 0.320. The summed E-state index contributed by atoms with van der Waals surface area (Å²) < 4.78 is 16.6.